The Morgan fingerprint density at radius 1 is 1.25 bits per heavy atom. The van der Waals surface area contributed by atoms with Gasteiger partial charge < -0.3 is 20.9 Å². The summed E-state index contributed by atoms with van der Waals surface area (Å²) in [6.45, 7) is 0. The number of hydrogen-bond acceptors (Lipinski definition) is 4. The van der Waals surface area contributed by atoms with Crippen LogP contribution in [0.5, 0.6) is 11.5 Å². The second-order valence-electron chi connectivity index (χ2n) is 2.88. The van der Waals surface area contributed by atoms with Crippen molar-refractivity contribution < 1.29 is 9.47 Å². The number of benzene rings is 1. The topological polar surface area (TPSA) is 95.2 Å². The third-order valence-corrected chi connectivity index (χ3v) is 1.81. The highest BCUT2D eigenvalue weighted by Gasteiger charge is 2.01. The van der Waals surface area contributed by atoms with E-state index in [1.807, 2.05) is 0 Å². The van der Waals surface area contributed by atoms with E-state index in [-0.39, 0.29) is 5.96 Å². The molecular weight excluding hydrogens is 208 g/mol. The molecule has 0 aliphatic heterocycles. The Kier molecular flexibility index (Phi) is 4.14. The molecule has 6 nitrogen and oxygen atoms in total. The molecule has 0 spiro atoms. The second kappa shape index (κ2) is 5.59. The maximum atomic E-state index is 5.14. The van der Waals surface area contributed by atoms with Gasteiger partial charge in [-0.2, -0.15) is 5.10 Å². The molecule has 0 aromatic heterocycles. The van der Waals surface area contributed by atoms with Gasteiger partial charge >= 0.3 is 0 Å². The Morgan fingerprint density at radius 3 is 2.56 bits per heavy atom. The first-order valence-corrected chi connectivity index (χ1v) is 4.51. The molecule has 0 bridgehead atoms. The lowest BCUT2D eigenvalue weighted by Crippen LogP contribution is -2.21. The van der Waals surface area contributed by atoms with Crippen LogP contribution in [-0.4, -0.2) is 26.4 Å². The lowest BCUT2D eigenvalue weighted by molar-refractivity contribution is 0.402. The Bertz CT molecular complexity index is 411. The molecule has 0 aliphatic rings. The van der Waals surface area contributed by atoms with E-state index in [1.54, 1.807) is 32.4 Å². The minimum Gasteiger partial charge on any atom is -0.497 e. The largest absolute Gasteiger partial charge is 0.497 e. The van der Waals surface area contributed by atoms with Crippen LogP contribution in [0, 0.1) is 0 Å². The van der Waals surface area contributed by atoms with Gasteiger partial charge in [-0.05, 0) is 18.2 Å². The first kappa shape index (κ1) is 11.8. The highest BCUT2D eigenvalue weighted by molar-refractivity contribution is 5.85. The number of rotatable bonds is 4. The average molecular weight is 222 g/mol. The molecule has 0 unspecified atom stereocenters. The zero-order chi connectivity index (χ0) is 12.0. The predicted octanol–water partition coefficient (Wildman–Crippen LogP) is 0.311. The summed E-state index contributed by atoms with van der Waals surface area (Å²) in [6.07, 6.45) is 1.49. The lowest BCUT2D eigenvalue weighted by Gasteiger charge is -2.06. The lowest BCUT2D eigenvalue weighted by atomic mass is 10.2. The highest BCUT2D eigenvalue weighted by atomic mass is 16.5. The van der Waals surface area contributed by atoms with Gasteiger partial charge in [-0.15, -0.1) is 5.10 Å². The maximum absolute atomic E-state index is 5.14. The standard InChI is InChI=1S/C10H14N4O2/c1-15-8-3-4-9(16-2)7(5-8)6-13-14-10(11)12/h3-6H,1-2H3,(H4,11,12,14). The van der Waals surface area contributed by atoms with Crippen LogP contribution in [0.2, 0.25) is 0 Å². The molecule has 86 valence electrons. The molecule has 0 saturated carbocycles. The number of ether oxygens (including phenoxy) is 2. The molecule has 16 heavy (non-hydrogen) atoms. The highest BCUT2D eigenvalue weighted by Crippen LogP contribution is 2.22. The van der Waals surface area contributed by atoms with E-state index in [0.29, 0.717) is 11.5 Å². The fraction of sp³-hybridized carbons (Fsp3) is 0.200. The predicted molar refractivity (Wildman–Crippen MR) is 62.9 cm³/mol. The van der Waals surface area contributed by atoms with E-state index in [9.17, 15) is 0 Å². The number of guanidine groups is 1. The minimum absolute atomic E-state index is 0.0990. The van der Waals surface area contributed by atoms with Crippen LogP contribution in [0.25, 0.3) is 0 Å². The van der Waals surface area contributed by atoms with E-state index in [1.165, 1.54) is 6.21 Å². The smallest absolute Gasteiger partial charge is 0.211 e. The van der Waals surface area contributed by atoms with Gasteiger partial charge in [-0.1, -0.05) is 0 Å². The Balaban J connectivity index is 3.00. The monoisotopic (exact) mass is 222 g/mol. The van der Waals surface area contributed by atoms with Crippen molar-refractivity contribution in [1.29, 1.82) is 0 Å². The van der Waals surface area contributed by atoms with E-state index >= 15 is 0 Å². The van der Waals surface area contributed by atoms with Crippen molar-refractivity contribution in [2.75, 3.05) is 14.2 Å². The van der Waals surface area contributed by atoms with E-state index in [0.717, 1.165) is 5.56 Å². The van der Waals surface area contributed by atoms with Gasteiger partial charge in [0, 0.05) is 5.56 Å². The van der Waals surface area contributed by atoms with Crippen LogP contribution in [0.15, 0.2) is 28.4 Å². The van der Waals surface area contributed by atoms with Crippen LogP contribution in [0.3, 0.4) is 0 Å². The molecule has 0 radical (unpaired) electrons. The third-order valence-electron chi connectivity index (χ3n) is 1.81. The van der Waals surface area contributed by atoms with Crippen molar-refractivity contribution in [1.82, 2.24) is 0 Å². The molecule has 0 heterocycles. The summed E-state index contributed by atoms with van der Waals surface area (Å²) in [5.41, 5.74) is 11.0. The van der Waals surface area contributed by atoms with Crippen molar-refractivity contribution >= 4 is 12.2 Å². The van der Waals surface area contributed by atoms with Crippen LogP contribution in [0.4, 0.5) is 0 Å². The summed E-state index contributed by atoms with van der Waals surface area (Å²) in [7, 11) is 3.15. The van der Waals surface area contributed by atoms with Crippen molar-refractivity contribution in [2.45, 2.75) is 0 Å². The number of hydrogen-bond donors (Lipinski definition) is 2. The van der Waals surface area contributed by atoms with Gasteiger partial charge in [0.05, 0.1) is 20.4 Å². The fourth-order valence-corrected chi connectivity index (χ4v) is 1.10. The Labute approximate surface area is 93.6 Å². The number of nitrogens with zero attached hydrogens (tertiary/aromatic N) is 2. The summed E-state index contributed by atoms with van der Waals surface area (Å²) in [5.74, 6) is 1.26. The first-order chi connectivity index (χ1) is 7.67. The van der Waals surface area contributed by atoms with Crippen molar-refractivity contribution in [3.8, 4) is 11.5 Å². The minimum atomic E-state index is -0.0990. The zero-order valence-electron chi connectivity index (χ0n) is 9.18. The van der Waals surface area contributed by atoms with E-state index in [2.05, 4.69) is 10.2 Å². The summed E-state index contributed by atoms with van der Waals surface area (Å²) in [5, 5.41) is 7.20. The molecule has 0 amide bonds. The summed E-state index contributed by atoms with van der Waals surface area (Å²) >= 11 is 0. The summed E-state index contributed by atoms with van der Waals surface area (Å²) in [6, 6.07) is 5.33. The average Bonchev–Trinajstić information content (AvgIpc) is 2.28. The van der Waals surface area contributed by atoms with Crippen LogP contribution >= 0.6 is 0 Å². The molecule has 1 aromatic carbocycles. The van der Waals surface area contributed by atoms with E-state index < -0.39 is 0 Å². The van der Waals surface area contributed by atoms with Crippen LogP contribution in [0.1, 0.15) is 5.56 Å². The van der Waals surface area contributed by atoms with Gasteiger partial charge in [0.1, 0.15) is 11.5 Å². The number of methoxy groups -OCH3 is 2. The third kappa shape index (κ3) is 3.16. The van der Waals surface area contributed by atoms with Crippen molar-refractivity contribution in [3.63, 3.8) is 0 Å². The van der Waals surface area contributed by atoms with Gasteiger partial charge in [0.15, 0.2) is 0 Å². The zero-order valence-corrected chi connectivity index (χ0v) is 9.18. The molecule has 4 N–H and O–H groups in total. The van der Waals surface area contributed by atoms with Gasteiger partial charge in [0.25, 0.3) is 0 Å². The second-order valence-corrected chi connectivity index (χ2v) is 2.88. The molecule has 1 rings (SSSR count). The number of nitrogens with two attached hydrogens (primary N) is 2. The fourth-order valence-electron chi connectivity index (χ4n) is 1.10. The molecule has 1 aromatic rings. The van der Waals surface area contributed by atoms with E-state index in [4.69, 9.17) is 20.9 Å². The Hall–Kier alpha value is -2.24. The molecule has 0 fully saturated rings. The van der Waals surface area contributed by atoms with Crippen LogP contribution in [-0.2, 0) is 0 Å². The SMILES string of the molecule is COc1ccc(OC)c(C=NN=C(N)N)c1. The van der Waals surface area contributed by atoms with Gasteiger partial charge in [-0.3, -0.25) is 0 Å². The summed E-state index contributed by atoms with van der Waals surface area (Å²) in [4.78, 5) is 0. The molecular formula is C10H14N4O2. The van der Waals surface area contributed by atoms with Gasteiger partial charge in [0.2, 0.25) is 5.96 Å². The molecule has 0 atom stereocenters. The first-order valence-electron chi connectivity index (χ1n) is 4.51. The normalized spacial score (nSPS) is 10.1. The van der Waals surface area contributed by atoms with Crippen LogP contribution < -0.4 is 20.9 Å². The molecule has 0 aliphatic carbocycles. The molecule has 0 saturated heterocycles. The molecule has 6 heteroatoms. The van der Waals surface area contributed by atoms with Crippen molar-refractivity contribution in [2.24, 2.45) is 21.7 Å². The quantitative estimate of drug-likeness (QED) is 0.435. The van der Waals surface area contributed by atoms with Gasteiger partial charge in [-0.25, -0.2) is 0 Å². The Morgan fingerprint density at radius 2 is 2.00 bits per heavy atom. The summed E-state index contributed by atoms with van der Waals surface area (Å²) < 4.78 is 10.2. The maximum Gasteiger partial charge on any atom is 0.211 e. The van der Waals surface area contributed by atoms with Crippen molar-refractivity contribution in [3.05, 3.63) is 23.8 Å².